The summed E-state index contributed by atoms with van der Waals surface area (Å²) in [5.41, 5.74) is 6.33. The lowest BCUT2D eigenvalue weighted by Gasteiger charge is -2.14. The topological polar surface area (TPSA) is 106 Å². The summed E-state index contributed by atoms with van der Waals surface area (Å²) in [5, 5.41) is 12.5. The van der Waals surface area contributed by atoms with Crippen molar-refractivity contribution in [3.63, 3.8) is 0 Å². The van der Waals surface area contributed by atoms with E-state index in [1.165, 1.54) is 18.2 Å². The van der Waals surface area contributed by atoms with Crippen LogP contribution in [-0.2, 0) is 11.0 Å². The van der Waals surface area contributed by atoms with Crippen LogP contribution in [0.2, 0.25) is 0 Å². The lowest BCUT2D eigenvalue weighted by Crippen LogP contribution is -2.21. The molecule has 1 amide bonds. The van der Waals surface area contributed by atoms with Gasteiger partial charge in [0, 0.05) is 23.1 Å². The van der Waals surface area contributed by atoms with Crippen LogP contribution < -0.4 is 11.1 Å². The summed E-state index contributed by atoms with van der Waals surface area (Å²) >= 11 is 0. The number of imidazole rings is 1. The van der Waals surface area contributed by atoms with E-state index in [1.54, 1.807) is 17.5 Å². The van der Waals surface area contributed by atoms with Gasteiger partial charge >= 0.3 is 6.18 Å². The van der Waals surface area contributed by atoms with E-state index in [0.29, 0.717) is 17.4 Å². The van der Waals surface area contributed by atoms with Gasteiger partial charge in [0.25, 0.3) is 5.91 Å². The maximum absolute atomic E-state index is 15.0. The van der Waals surface area contributed by atoms with Crippen molar-refractivity contribution in [2.75, 3.05) is 11.1 Å². The molecule has 4 rings (SSSR count). The first-order chi connectivity index (χ1) is 16.0. The number of rotatable bonds is 4. The zero-order chi connectivity index (χ0) is 24.8. The Morgan fingerprint density at radius 1 is 1.18 bits per heavy atom. The quantitative estimate of drug-likeness (QED) is 0.381. The standard InChI is InChI=1S/C23H19F4N5O2/c1-11-10-29-21(28)19-18(30-12(2)32(11)19)16-7-6-15(9-17(16)24)31-22(34)20(33)13-4-3-5-14(8-13)23(25,26)27/h3-10,20,33H,1-2H3,(H2,28,29)(H,31,34)/t20-/m1/s1. The van der Waals surface area contributed by atoms with Crippen LogP contribution >= 0.6 is 0 Å². The minimum atomic E-state index is -4.63. The number of amides is 1. The molecule has 2 aromatic heterocycles. The average Bonchev–Trinajstić information content (AvgIpc) is 3.13. The van der Waals surface area contributed by atoms with E-state index in [9.17, 15) is 23.1 Å². The van der Waals surface area contributed by atoms with E-state index < -0.39 is 29.6 Å². The number of anilines is 2. The van der Waals surface area contributed by atoms with E-state index >= 15 is 4.39 Å². The van der Waals surface area contributed by atoms with Crippen molar-refractivity contribution in [2.24, 2.45) is 0 Å². The van der Waals surface area contributed by atoms with Crippen molar-refractivity contribution in [3.05, 3.63) is 77.1 Å². The fourth-order valence-electron chi connectivity index (χ4n) is 3.70. The highest BCUT2D eigenvalue weighted by molar-refractivity contribution is 5.95. The molecule has 1 atom stereocenters. The van der Waals surface area contributed by atoms with Crippen LogP contribution in [0.5, 0.6) is 0 Å². The van der Waals surface area contributed by atoms with Gasteiger partial charge in [-0.25, -0.2) is 14.4 Å². The number of aryl methyl sites for hydroxylation is 2. The summed E-state index contributed by atoms with van der Waals surface area (Å²) in [6.45, 7) is 3.55. The van der Waals surface area contributed by atoms with Crippen molar-refractivity contribution in [1.82, 2.24) is 14.4 Å². The summed E-state index contributed by atoms with van der Waals surface area (Å²) in [6, 6.07) is 7.57. The normalized spacial score (nSPS) is 12.7. The second-order valence-electron chi connectivity index (χ2n) is 7.69. The fourth-order valence-corrected chi connectivity index (χ4v) is 3.70. The Morgan fingerprint density at radius 2 is 1.91 bits per heavy atom. The van der Waals surface area contributed by atoms with Crippen molar-refractivity contribution in [3.8, 4) is 11.3 Å². The van der Waals surface area contributed by atoms with E-state index in [-0.39, 0.29) is 28.3 Å². The van der Waals surface area contributed by atoms with Gasteiger partial charge in [-0.3, -0.25) is 9.20 Å². The third kappa shape index (κ3) is 4.17. The summed E-state index contributed by atoms with van der Waals surface area (Å²) in [7, 11) is 0. The largest absolute Gasteiger partial charge is 0.416 e. The van der Waals surface area contributed by atoms with E-state index in [4.69, 9.17) is 5.73 Å². The van der Waals surface area contributed by atoms with Gasteiger partial charge in [0.2, 0.25) is 0 Å². The third-order valence-corrected chi connectivity index (χ3v) is 5.30. The molecule has 4 N–H and O–H groups in total. The van der Waals surface area contributed by atoms with Crippen molar-refractivity contribution in [2.45, 2.75) is 26.1 Å². The molecule has 0 aliphatic carbocycles. The molecule has 0 saturated carbocycles. The molecular formula is C23H19F4N5O2. The lowest BCUT2D eigenvalue weighted by atomic mass is 10.0. The van der Waals surface area contributed by atoms with E-state index in [1.807, 2.05) is 6.92 Å². The monoisotopic (exact) mass is 473 g/mol. The molecule has 2 aromatic carbocycles. The highest BCUT2D eigenvalue weighted by Crippen LogP contribution is 2.33. The lowest BCUT2D eigenvalue weighted by molar-refractivity contribution is -0.138. The second-order valence-corrected chi connectivity index (χ2v) is 7.69. The van der Waals surface area contributed by atoms with Gasteiger partial charge < -0.3 is 16.2 Å². The first kappa shape index (κ1) is 23.2. The van der Waals surface area contributed by atoms with Crippen molar-refractivity contribution in [1.29, 1.82) is 0 Å². The minimum Gasteiger partial charge on any atom is -0.382 e. The Morgan fingerprint density at radius 3 is 2.59 bits per heavy atom. The second kappa shape index (κ2) is 8.41. The van der Waals surface area contributed by atoms with Crippen LogP contribution in [0.1, 0.15) is 28.7 Å². The highest BCUT2D eigenvalue weighted by atomic mass is 19.4. The number of carbonyl (C=O) groups excluding carboxylic acids is 1. The van der Waals surface area contributed by atoms with Gasteiger partial charge in [0.1, 0.15) is 28.7 Å². The van der Waals surface area contributed by atoms with Gasteiger partial charge in [-0.2, -0.15) is 13.2 Å². The van der Waals surface area contributed by atoms with Gasteiger partial charge in [0.15, 0.2) is 6.10 Å². The molecule has 7 nitrogen and oxygen atoms in total. The predicted molar refractivity (Wildman–Crippen MR) is 117 cm³/mol. The molecule has 0 bridgehead atoms. The molecule has 0 aliphatic heterocycles. The van der Waals surface area contributed by atoms with Crippen molar-refractivity contribution < 1.29 is 27.5 Å². The summed E-state index contributed by atoms with van der Waals surface area (Å²) < 4.78 is 55.5. The number of carbonyl (C=O) groups is 1. The number of halogens is 4. The summed E-state index contributed by atoms with van der Waals surface area (Å²) in [4.78, 5) is 20.9. The molecule has 34 heavy (non-hydrogen) atoms. The van der Waals surface area contributed by atoms with Crippen LogP contribution in [-0.4, -0.2) is 25.4 Å². The number of alkyl halides is 3. The zero-order valence-electron chi connectivity index (χ0n) is 18.0. The smallest absolute Gasteiger partial charge is 0.382 e. The number of aliphatic hydroxyl groups is 1. The van der Waals surface area contributed by atoms with E-state index in [0.717, 1.165) is 23.9 Å². The molecule has 4 aromatic rings. The van der Waals surface area contributed by atoms with Crippen LogP contribution in [0, 0.1) is 19.7 Å². The Hall–Kier alpha value is -3.99. The molecule has 2 heterocycles. The molecule has 0 unspecified atom stereocenters. The first-order valence-corrected chi connectivity index (χ1v) is 10.0. The number of benzene rings is 2. The Labute approximate surface area is 190 Å². The summed E-state index contributed by atoms with van der Waals surface area (Å²) in [5.74, 6) is -0.995. The molecular weight excluding hydrogens is 454 g/mol. The number of fused-ring (bicyclic) bond motifs is 1. The maximum atomic E-state index is 15.0. The SMILES string of the molecule is Cc1cnc(N)c2c(-c3ccc(NC(=O)[C@H](O)c4cccc(C(F)(F)F)c4)cc3F)nc(C)n12. The minimum absolute atomic E-state index is 0.000194. The number of aromatic nitrogens is 3. The summed E-state index contributed by atoms with van der Waals surface area (Å²) in [6.07, 6.45) is -4.94. The van der Waals surface area contributed by atoms with Gasteiger partial charge in [0.05, 0.1) is 5.56 Å². The van der Waals surface area contributed by atoms with Crippen LogP contribution in [0.15, 0.2) is 48.7 Å². The number of nitrogens with two attached hydrogens (primary N) is 1. The molecule has 0 spiro atoms. The number of hydrogen-bond donors (Lipinski definition) is 3. The molecule has 176 valence electrons. The zero-order valence-corrected chi connectivity index (χ0v) is 18.0. The van der Waals surface area contributed by atoms with Gasteiger partial charge in [-0.05, 0) is 49.7 Å². The number of hydrogen-bond acceptors (Lipinski definition) is 5. The molecule has 0 radical (unpaired) electrons. The number of nitrogens with one attached hydrogen (secondary N) is 1. The maximum Gasteiger partial charge on any atom is 0.416 e. The molecule has 0 saturated heterocycles. The Balaban J connectivity index is 1.61. The molecule has 11 heteroatoms. The number of aliphatic hydroxyl groups excluding tert-OH is 1. The first-order valence-electron chi connectivity index (χ1n) is 10.0. The Kier molecular flexibility index (Phi) is 5.74. The molecule has 0 fully saturated rings. The van der Waals surface area contributed by atoms with Crippen molar-refractivity contribution >= 4 is 22.9 Å². The highest BCUT2D eigenvalue weighted by Gasteiger charge is 2.31. The number of nitrogen functional groups attached to an aromatic ring is 1. The molecule has 0 aliphatic rings. The van der Waals surface area contributed by atoms with Crippen LogP contribution in [0.3, 0.4) is 0 Å². The average molecular weight is 473 g/mol. The predicted octanol–water partition coefficient (Wildman–Crippen LogP) is 4.43. The third-order valence-electron chi connectivity index (χ3n) is 5.30. The van der Waals surface area contributed by atoms with Gasteiger partial charge in [-0.1, -0.05) is 12.1 Å². The Bertz CT molecular complexity index is 1410. The van der Waals surface area contributed by atoms with E-state index in [2.05, 4.69) is 15.3 Å². The van der Waals surface area contributed by atoms with Crippen LogP contribution in [0.4, 0.5) is 29.1 Å². The fraction of sp³-hybridized carbons (Fsp3) is 0.174. The van der Waals surface area contributed by atoms with Gasteiger partial charge in [-0.15, -0.1) is 0 Å². The van der Waals surface area contributed by atoms with Crippen LogP contribution in [0.25, 0.3) is 16.8 Å². The number of nitrogens with zero attached hydrogens (tertiary/aromatic N) is 3.